The van der Waals surface area contributed by atoms with E-state index in [2.05, 4.69) is 22.3 Å². The number of hydrogen-bond donors (Lipinski definition) is 1. The molecule has 1 unspecified atom stereocenters. The Hall–Kier alpha value is -3.25. The van der Waals surface area contributed by atoms with E-state index in [-0.39, 0.29) is 11.9 Å². The van der Waals surface area contributed by atoms with Gasteiger partial charge in [0.1, 0.15) is 5.82 Å². The van der Waals surface area contributed by atoms with Crippen molar-refractivity contribution in [2.45, 2.75) is 38.3 Å². The molecule has 0 aliphatic heterocycles. The van der Waals surface area contributed by atoms with E-state index in [4.69, 9.17) is 9.97 Å². The summed E-state index contributed by atoms with van der Waals surface area (Å²) in [4.78, 5) is 25.9. The Kier molecular flexibility index (Phi) is 5.86. The Labute approximate surface area is 192 Å². The summed E-state index contributed by atoms with van der Waals surface area (Å²) in [5.41, 5.74) is 2.05. The van der Waals surface area contributed by atoms with Crippen molar-refractivity contribution in [2.24, 2.45) is 0 Å². The lowest BCUT2D eigenvalue weighted by molar-refractivity contribution is -0.121. The SMILES string of the molecule is CC(NC(=O)CCN(c1nc(-c2cccs2)nc2ccccc12)C1CC1)c1ccccc1. The summed E-state index contributed by atoms with van der Waals surface area (Å²) in [6.07, 6.45) is 2.70. The topological polar surface area (TPSA) is 58.1 Å². The van der Waals surface area contributed by atoms with Gasteiger partial charge in [0.2, 0.25) is 5.91 Å². The maximum atomic E-state index is 12.8. The minimum Gasteiger partial charge on any atom is -0.352 e. The predicted molar refractivity (Wildman–Crippen MR) is 131 cm³/mol. The maximum absolute atomic E-state index is 12.8. The van der Waals surface area contributed by atoms with Gasteiger partial charge in [-0.05, 0) is 48.9 Å². The van der Waals surface area contributed by atoms with Crippen molar-refractivity contribution < 1.29 is 4.79 Å². The van der Waals surface area contributed by atoms with Crippen molar-refractivity contribution in [1.82, 2.24) is 15.3 Å². The Morgan fingerprint density at radius 1 is 1.06 bits per heavy atom. The van der Waals surface area contributed by atoms with Crippen LogP contribution in [0.3, 0.4) is 0 Å². The lowest BCUT2D eigenvalue weighted by Crippen LogP contribution is -2.34. The number of carbonyl (C=O) groups is 1. The fourth-order valence-corrected chi connectivity index (χ4v) is 4.66. The van der Waals surface area contributed by atoms with E-state index in [0.29, 0.717) is 19.0 Å². The molecular weight excluding hydrogens is 416 g/mol. The first-order valence-corrected chi connectivity index (χ1v) is 12.0. The van der Waals surface area contributed by atoms with Crippen LogP contribution in [0.2, 0.25) is 0 Å². The molecule has 162 valence electrons. The number of rotatable bonds is 8. The van der Waals surface area contributed by atoms with E-state index in [0.717, 1.165) is 45.8 Å². The number of thiophene rings is 1. The third-order valence-corrected chi connectivity index (χ3v) is 6.71. The molecule has 2 heterocycles. The van der Waals surface area contributed by atoms with Crippen LogP contribution in [0.25, 0.3) is 21.6 Å². The molecule has 6 heteroatoms. The molecule has 1 fully saturated rings. The molecule has 1 N–H and O–H groups in total. The van der Waals surface area contributed by atoms with Crippen LogP contribution in [0, 0.1) is 0 Å². The lowest BCUT2D eigenvalue weighted by atomic mass is 10.1. The largest absolute Gasteiger partial charge is 0.352 e. The van der Waals surface area contributed by atoms with Gasteiger partial charge in [0.15, 0.2) is 5.82 Å². The smallest absolute Gasteiger partial charge is 0.222 e. The zero-order valence-corrected chi connectivity index (χ0v) is 18.9. The molecule has 2 aromatic carbocycles. The second kappa shape index (κ2) is 9.09. The van der Waals surface area contributed by atoms with Gasteiger partial charge in [-0.3, -0.25) is 4.79 Å². The monoisotopic (exact) mass is 442 g/mol. The summed E-state index contributed by atoms with van der Waals surface area (Å²) < 4.78 is 0. The van der Waals surface area contributed by atoms with Crippen molar-refractivity contribution in [1.29, 1.82) is 0 Å². The molecule has 5 nitrogen and oxygen atoms in total. The number of anilines is 1. The van der Waals surface area contributed by atoms with Gasteiger partial charge in [-0.2, -0.15) is 0 Å². The highest BCUT2D eigenvalue weighted by molar-refractivity contribution is 7.13. The van der Waals surface area contributed by atoms with Gasteiger partial charge in [0.05, 0.1) is 16.4 Å². The number of nitrogens with zero attached hydrogens (tertiary/aromatic N) is 3. The van der Waals surface area contributed by atoms with Gasteiger partial charge in [-0.25, -0.2) is 9.97 Å². The first kappa shape index (κ1) is 20.6. The number of hydrogen-bond acceptors (Lipinski definition) is 5. The van der Waals surface area contributed by atoms with E-state index in [9.17, 15) is 4.79 Å². The third kappa shape index (κ3) is 4.50. The molecular formula is C26H26N4OS. The molecule has 1 aliphatic carbocycles. The number of carbonyl (C=O) groups excluding carboxylic acids is 1. The number of benzene rings is 2. The molecule has 5 rings (SSSR count). The zero-order chi connectivity index (χ0) is 21.9. The molecule has 0 spiro atoms. The number of nitrogens with one attached hydrogen (secondary N) is 1. The second-order valence-electron chi connectivity index (χ2n) is 8.24. The first-order valence-electron chi connectivity index (χ1n) is 11.1. The van der Waals surface area contributed by atoms with E-state index < -0.39 is 0 Å². The summed E-state index contributed by atoms with van der Waals surface area (Å²) in [6.45, 7) is 2.67. The fourth-order valence-electron chi connectivity index (χ4n) is 4.00. The molecule has 1 atom stereocenters. The summed E-state index contributed by atoms with van der Waals surface area (Å²) in [5.74, 6) is 1.75. The summed E-state index contributed by atoms with van der Waals surface area (Å²) >= 11 is 1.64. The van der Waals surface area contributed by atoms with Crippen LogP contribution in [0.5, 0.6) is 0 Å². The minimum atomic E-state index is -0.0108. The van der Waals surface area contributed by atoms with E-state index in [1.807, 2.05) is 66.9 Å². The normalized spacial score (nSPS) is 14.3. The van der Waals surface area contributed by atoms with Crippen molar-refractivity contribution >= 4 is 34.0 Å². The van der Waals surface area contributed by atoms with Crippen molar-refractivity contribution in [3.05, 3.63) is 77.7 Å². The van der Waals surface area contributed by atoms with Gasteiger partial charge in [-0.15, -0.1) is 11.3 Å². The zero-order valence-electron chi connectivity index (χ0n) is 18.1. The van der Waals surface area contributed by atoms with Crippen LogP contribution in [0.4, 0.5) is 5.82 Å². The van der Waals surface area contributed by atoms with E-state index >= 15 is 0 Å². The highest BCUT2D eigenvalue weighted by atomic mass is 32.1. The van der Waals surface area contributed by atoms with Gasteiger partial charge in [0, 0.05) is 24.4 Å². The van der Waals surface area contributed by atoms with Crippen molar-refractivity contribution in [3.63, 3.8) is 0 Å². The number of para-hydroxylation sites is 1. The molecule has 32 heavy (non-hydrogen) atoms. The average Bonchev–Trinajstić information content (AvgIpc) is 3.51. The molecule has 4 aromatic rings. The Balaban J connectivity index is 1.38. The van der Waals surface area contributed by atoms with Gasteiger partial charge >= 0.3 is 0 Å². The first-order chi connectivity index (χ1) is 15.7. The van der Waals surface area contributed by atoms with Crippen LogP contribution in [-0.2, 0) is 4.79 Å². The Morgan fingerprint density at radius 3 is 2.59 bits per heavy atom. The van der Waals surface area contributed by atoms with Crippen molar-refractivity contribution in [3.8, 4) is 10.7 Å². The molecule has 1 amide bonds. The van der Waals surface area contributed by atoms with Crippen LogP contribution in [0.1, 0.15) is 37.8 Å². The van der Waals surface area contributed by atoms with E-state index in [1.165, 1.54) is 0 Å². The number of fused-ring (bicyclic) bond motifs is 1. The predicted octanol–water partition coefficient (Wildman–Crippen LogP) is 5.59. The lowest BCUT2D eigenvalue weighted by Gasteiger charge is -2.25. The quantitative estimate of drug-likeness (QED) is 0.386. The average molecular weight is 443 g/mol. The van der Waals surface area contributed by atoms with Crippen LogP contribution in [-0.4, -0.2) is 28.5 Å². The Morgan fingerprint density at radius 2 is 1.84 bits per heavy atom. The highest BCUT2D eigenvalue weighted by Crippen LogP contribution is 2.36. The molecule has 1 aliphatic rings. The minimum absolute atomic E-state index is 0.0108. The number of aromatic nitrogens is 2. The maximum Gasteiger partial charge on any atom is 0.222 e. The summed E-state index contributed by atoms with van der Waals surface area (Å²) in [7, 11) is 0. The third-order valence-electron chi connectivity index (χ3n) is 5.84. The Bertz CT molecular complexity index is 1210. The molecule has 1 saturated carbocycles. The summed E-state index contributed by atoms with van der Waals surface area (Å²) in [6, 6.07) is 22.7. The fraction of sp³-hybridized carbons (Fsp3) is 0.269. The standard InChI is InChI=1S/C26H26N4OS/c1-18(19-8-3-2-4-9-19)27-24(31)15-16-30(20-13-14-20)26-21-10-5-6-11-22(21)28-25(29-26)23-12-7-17-32-23/h2-12,17-18,20H,13-16H2,1H3,(H,27,31). The molecule has 2 aromatic heterocycles. The molecule has 0 bridgehead atoms. The highest BCUT2D eigenvalue weighted by Gasteiger charge is 2.32. The molecule has 0 radical (unpaired) electrons. The number of amides is 1. The van der Waals surface area contributed by atoms with Gasteiger partial charge in [0.25, 0.3) is 0 Å². The second-order valence-corrected chi connectivity index (χ2v) is 9.19. The van der Waals surface area contributed by atoms with Crippen LogP contribution in [0.15, 0.2) is 72.1 Å². The van der Waals surface area contributed by atoms with Gasteiger partial charge < -0.3 is 10.2 Å². The van der Waals surface area contributed by atoms with Crippen molar-refractivity contribution in [2.75, 3.05) is 11.4 Å². The van der Waals surface area contributed by atoms with Crippen LogP contribution >= 0.6 is 11.3 Å². The molecule has 0 saturated heterocycles. The van der Waals surface area contributed by atoms with E-state index in [1.54, 1.807) is 11.3 Å². The van der Waals surface area contributed by atoms with Gasteiger partial charge in [-0.1, -0.05) is 48.5 Å². The summed E-state index contributed by atoms with van der Waals surface area (Å²) in [5, 5.41) is 6.22. The van der Waals surface area contributed by atoms with Crippen LogP contribution < -0.4 is 10.2 Å².